The van der Waals surface area contributed by atoms with E-state index < -0.39 is 0 Å². The SMILES string of the molecule is Cc1cccc(CCC(C)NCc2csc(C)n2)c1. The van der Waals surface area contributed by atoms with E-state index in [1.807, 2.05) is 0 Å². The molecule has 0 amide bonds. The predicted octanol–water partition coefficient (Wildman–Crippen LogP) is 3.87. The van der Waals surface area contributed by atoms with Crippen LogP contribution >= 0.6 is 11.3 Å². The molecule has 0 spiro atoms. The van der Waals surface area contributed by atoms with Crippen molar-refractivity contribution in [3.63, 3.8) is 0 Å². The minimum absolute atomic E-state index is 0.516. The van der Waals surface area contributed by atoms with Gasteiger partial charge < -0.3 is 5.32 Å². The number of thiazole rings is 1. The van der Waals surface area contributed by atoms with Gasteiger partial charge in [-0.1, -0.05) is 29.8 Å². The summed E-state index contributed by atoms with van der Waals surface area (Å²) in [7, 11) is 0. The van der Waals surface area contributed by atoms with Crippen molar-refractivity contribution in [2.24, 2.45) is 0 Å². The Bertz CT molecular complexity index is 519. The fourth-order valence-corrected chi connectivity index (χ4v) is 2.73. The molecular weight excluding hydrogens is 252 g/mol. The zero-order valence-corrected chi connectivity index (χ0v) is 12.8. The minimum atomic E-state index is 0.516. The number of aromatic nitrogens is 1. The largest absolute Gasteiger partial charge is 0.309 e. The molecule has 0 saturated carbocycles. The number of hydrogen-bond donors (Lipinski definition) is 1. The van der Waals surface area contributed by atoms with E-state index in [-0.39, 0.29) is 0 Å². The van der Waals surface area contributed by atoms with Crippen LogP contribution in [0.1, 0.15) is 35.2 Å². The van der Waals surface area contributed by atoms with Crippen molar-refractivity contribution in [2.75, 3.05) is 0 Å². The van der Waals surface area contributed by atoms with Crippen molar-refractivity contribution in [3.05, 3.63) is 51.5 Å². The van der Waals surface area contributed by atoms with Gasteiger partial charge in [0.2, 0.25) is 0 Å². The van der Waals surface area contributed by atoms with Gasteiger partial charge in [0.1, 0.15) is 0 Å². The van der Waals surface area contributed by atoms with Crippen molar-refractivity contribution in [3.8, 4) is 0 Å². The summed E-state index contributed by atoms with van der Waals surface area (Å²) in [5, 5.41) is 6.82. The quantitative estimate of drug-likeness (QED) is 0.865. The van der Waals surface area contributed by atoms with E-state index in [2.05, 4.69) is 60.7 Å². The van der Waals surface area contributed by atoms with Crippen molar-refractivity contribution >= 4 is 11.3 Å². The van der Waals surface area contributed by atoms with Crippen LogP contribution in [-0.4, -0.2) is 11.0 Å². The second kappa shape index (κ2) is 6.83. The Hall–Kier alpha value is -1.19. The zero-order chi connectivity index (χ0) is 13.7. The number of nitrogens with one attached hydrogen (secondary N) is 1. The predicted molar refractivity (Wildman–Crippen MR) is 82.7 cm³/mol. The highest BCUT2D eigenvalue weighted by molar-refractivity contribution is 7.09. The lowest BCUT2D eigenvalue weighted by Gasteiger charge is -2.13. The molecule has 2 aromatic rings. The van der Waals surface area contributed by atoms with E-state index in [0.717, 1.165) is 30.1 Å². The highest BCUT2D eigenvalue weighted by Gasteiger charge is 2.04. The third-order valence-corrected chi connectivity index (χ3v) is 4.07. The first kappa shape index (κ1) is 14.2. The topological polar surface area (TPSA) is 24.9 Å². The number of benzene rings is 1. The number of rotatable bonds is 6. The zero-order valence-electron chi connectivity index (χ0n) is 11.9. The molecule has 3 heteroatoms. The van der Waals surface area contributed by atoms with E-state index in [4.69, 9.17) is 0 Å². The average Bonchev–Trinajstić information content (AvgIpc) is 2.80. The van der Waals surface area contributed by atoms with Gasteiger partial charge in [-0.05, 0) is 39.2 Å². The van der Waals surface area contributed by atoms with Gasteiger partial charge in [0, 0.05) is 18.0 Å². The minimum Gasteiger partial charge on any atom is -0.309 e. The fourth-order valence-electron chi connectivity index (χ4n) is 2.12. The monoisotopic (exact) mass is 274 g/mol. The lowest BCUT2D eigenvalue weighted by atomic mass is 10.0. The Morgan fingerprint density at radius 1 is 1.32 bits per heavy atom. The summed E-state index contributed by atoms with van der Waals surface area (Å²) in [6.45, 7) is 7.32. The molecule has 0 bridgehead atoms. The highest BCUT2D eigenvalue weighted by Crippen LogP contribution is 2.10. The normalized spacial score (nSPS) is 12.6. The molecule has 0 aliphatic rings. The summed E-state index contributed by atoms with van der Waals surface area (Å²) in [6.07, 6.45) is 2.29. The molecular formula is C16H22N2S. The Morgan fingerprint density at radius 3 is 2.84 bits per heavy atom. The van der Waals surface area contributed by atoms with E-state index in [9.17, 15) is 0 Å². The number of hydrogen-bond acceptors (Lipinski definition) is 3. The maximum atomic E-state index is 4.47. The van der Waals surface area contributed by atoms with E-state index >= 15 is 0 Å². The second-order valence-corrected chi connectivity index (χ2v) is 6.23. The van der Waals surface area contributed by atoms with E-state index in [1.165, 1.54) is 11.1 Å². The van der Waals surface area contributed by atoms with Gasteiger partial charge in [-0.3, -0.25) is 0 Å². The molecule has 1 N–H and O–H groups in total. The van der Waals surface area contributed by atoms with Gasteiger partial charge >= 0.3 is 0 Å². The molecule has 0 aliphatic carbocycles. The number of aryl methyl sites for hydroxylation is 3. The van der Waals surface area contributed by atoms with Crippen LogP contribution in [0.2, 0.25) is 0 Å². The summed E-state index contributed by atoms with van der Waals surface area (Å²) < 4.78 is 0. The number of nitrogens with zero attached hydrogens (tertiary/aromatic N) is 1. The molecule has 1 atom stereocenters. The molecule has 2 rings (SSSR count). The summed E-state index contributed by atoms with van der Waals surface area (Å²) in [4.78, 5) is 4.47. The van der Waals surface area contributed by atoms with Crippen molar-refractivity contribution in [1.29, 1.82) is 0 Å². The highest BCUT2D eigenvalue weighted by atomic mass is 32.1. The lowest BCUT2D eigenvalue weighted by Crippen LogP contribution is -2.26. The summed E-state index contributed by atoms with van der Waals surface area (Å²) in [5.74, 6) is 0. The first-order valence-electron chi connectivity index (χ1n) is 6.83. The lowest BCUT2D eigenvalue weighted by molar-refractivity contribution is 0.510. The van der Waals surface area contributed by atoms with Gasteiger partial charge in [0.15, 0.2) is 0 Å². The van der Waals surface area contributed by atoms with E-state index in [0.29, 0.717) is 6.04 Å². The molecule has 1 aromatic carbocycles. The van der Waals surface area contributed by atoms with Crippen molar-refractivity contribution in [2.45, 2.75) is 46.2 Å². The smallest absolute Gasteiger partial charge is 0.0897 e. The van der Waals surface area contributed by atoms with Crippen molar-refractivity contribution in [1.82, 2.24) is 10.3 Å². The first-order valence-corrected chi connectivity index (χ1v) is 7.71. The first-order chi connectivity index (χ1) is 9.13. The molecule has 0 aliphatic heterocycles. The van der Waals surface area contributed by atoms with Gasteiger partial charge in [0.05, 0.1) is 10.7 Å². The standard InChI is InChI=1S/C16H22N2S/c1-12-5-4-6-15(9-12)8-7-13(2)17-10-16-11-19-14(3)18-16/h4-6,9,11,13,17H,7-8,10H2,1-3H3. The Balaban J connectivity index is 1.74. The maximum absolute atomic E-state index is 4.47. The molecule has 19 heavy (non-hydrogen) atoms. The van der Waals surface area contributed by atoms with E-state index in [1.54, 1.807) is 11.3 Å². The molecule has 0 fully saturated rings. The summed E-state index contributed by atoms with van der Waals surface area (Å²) >= 11 is 1.72. The summed E-state index contributed by atoms with van der Waals surface area (Å²) in [6, 6.07) is 9.29. The molecule has 0 saturated heterocycles. The van der Waals surface area contributed by atoms with Crippen LogP contribution in [0.15, 0.2) is 29.6 Å². The fraction of sp³-hybridized carbons (Fsp3) is 0.438. The average molecular weight is 274 g/mol. The molecule has 1 aromatic heterocycles. The van der Waals surface area contributed by atoms with Gasteiger partial charge in [-0.2, -0.15) is 0 Å². The Labute approximate surface area is 119 Å². The summed E-state index contributed by atoms with van der Waals surface area (Å²) in [5.41, 5.74) is 3.93. The van der Waals surface area contributed by atoms with Crippen LogP contribution < -0.4 is 5.32 Å². The van der Waals surface area contributed by atoms with Crippen LogP contribution in [0.25, 0.3) is 0 Å². The van der Waals surface area contributed by atoms with Crippen LogP contribution in [0.4, 0.5) is 0 Å². The van der Waals surface area contributed by atoms with Crippen LogP contribution in [0.5, 0.6) is 0 Å². The third kappa shape index (κ3) is 4.77. The molecule has 1 heterocycles. The Kier molecular flexibility index (Phi) is 5.11. The molecule has 2 nitrogen and oxygen atoms in total. The third-order valence-electron chi connectivity index (χ3n) is 3.25. The van der Waals surface area contributed by atoms with Crippen LogP contribution in [-0.2, 0) is 13.0 Å². The maximum Gasteiger partial charge on any atom is 0.0897 e. The van der Waals surface area contributed by atoms with Gasteiger partial charge in [-0.25, -0.2) is 4.98 Å². The van der Waals surface area contributed by atoms with Crippen molar-refractivity contribution < 1.29 is 0 Å². The van der Waals surface area contributed by atoms with Crippen LogP contribution in [0.3, 0.4) is 0 Å². The molecule has 102 valence electrons. The van der Waals surface area contributed by atoms with Crippen LogP contribution in [0, 0.1) is 13.8 Å². The van der Waals surface area contributed by atoms with Gasteiger partial charge in [0.25, 0.3) is 0 Å². The van der Waals surface area contributed by atoms with Gasteiger partial charge in [-0.15, -0.1) is 11.3 Å². The second-order valence-electron chi connectivity index (χ2n) is 5.17. The molecule has 1 unspecified atom stereocenters. The molecule has 0 radical (unpaired) electrons. The Morgan fingerprint density at radius 2 is 2.16 bits per heavy atom.